The monoisotopic (exact) mass is 322 g/mol. The third-order valence-corrected chi connectivity index (χ3v) is 4.40. The van der Waals surface area contributed by atoms with Gasteiger partial charge in [-0.25, -0.2) is 4.98 Å². The molecule has 1 aromatic heterocycles. The number of anilines is 2. The van der Waals surface area contributed by atoms with Crippen molar-refractivity contribution >= 4 is 11.8 Å². The van der Waals surface area contributed by atoms with Crippen molar-refractivity contribution in [2.24, 2.45) is 0 Å². The van der Waals surface area contributed by atoms with Crippen LogP contribution in [-0.4, -0.2) is 28.0 Å². The molecule has 3 rings (SSSR count). The van der Waals surface area contributed by atoms with E-state index in [4.69, 9.17) is 11.5 Å². The van der Waals surface area contributed by atoms with Gasteiger partial charge in [-0.3, -0.25) is 4.90 Å². The van der Waals surface area contributed by atoms with Crippen LogP contribution in [0.1, 0.15) is 36.8 Å². The minimum Gasteiger partial charge on any atom is -0.382 e. The summed E-state index contributed by atoms with van der Waals surface area (Å²) in [6.07, 6.45) is 5.23. The van der Waals surface area contributed by atoms with Gasteiger partial charge in [-0.1, -0.05) is 37.1 Å². The van der Waals surface area contributed by atoms with Gasteiger partial charge in [-0.05, 0) is 31.5 Å². The quantitative estimate of drug-likeness (QED) is 0.899. The summed E-state index contributed by atoms with van der Waals surface area (Å²) in [4.78, 5) is 10.5. The van der Waals surface area contributed by atoms with Crippen molar-refractivity contribution in [3.63, 3.8) is 0 Å². The topological polar surface area (TPSA) is 105 Å². The highest BCUT2D eigenvalue weighted by Gasteiger charge is 2.14. The molecule has 1 aliphatic rings. The predicted octanol–water partition coefficient (Wildman–Crippen LogP) is 2.56. The summed E-state index contributed by atoms with van der Waals surface area (Å²) in [5.74, 6) is 0.198. The first-order valence-electron chi connectivity index (χ1n) is 8.32. The number of nitriles is 1. The minimum absolute atomic E-state index is 0.0788. The van der Waals surface area contributed by atoms with Crippen molar-refractivity contribution in [2.75, 3.05) is 24.6 Å². The molecule has 24 heavy (non-hydrogen) atoms. The van der Waals surface area contributed by atoms with Gasteiger partial charge in [0.2, 0.25) is 5.95 Å². The molecule has 0 unspecified atom stereocenters. The Bertz CT molecular complexity index is 739. The second kappa shape index (κ2) is 7.28. The number of hydrogen-bond acceptors (Lipinski definition) is 6. The molecule has 1 saturated heterocycles. The van der Waals surface area contributed by atoms with Gasteiger partial charge in [-0.15, -0.1) is 0 Å². The lowest BCUT2D eigenvalue weighted by Crippen LogP contribution is -2.23. The van der Waals surface area contributed by atoms with Gasteiger partial charge in [0.1, 0.15) is 17.5 Å². The molecule has 1 aliphatic heterocycles. The number of aromatic nitrogens is 2. The molecule has 0 bridgehead atoms. The lowest BCUT2D eigenvalue weighted by molar-refractivity contribution is 0.277. The fourth-order valence-corrected chi connectivity index (χ4v) is 3.14. The van der Waals surface area contributed by atoms with Crippen molar-refractivity contribution in [1.29, 1.82) is 5.26 Å². The van der Waals surface area contributed by atoms with Crippen LogP contribution in [0.4, 0.5) is 11.8 Å². The number of rotatable bonds is 3. The summed E-state index contributed by atoms with van der Waals surface area (Å²) in [6, 6.07) is 10.2. The number of likely N-dealkylation sites (tertiary alicyclic amines) is 1. The third-order valence-electron chi connectivity index (χ3n) is 4.40. The zero-order valence-electron chi connectivity index (χ0n) is 13.7. The van der Waals surface area contributed by atoms with E-state index >= 15 is 0 Å². The number of nitrogens with two attached hydrogens (primary N) is 2. The molecule has 6 nitrogen and oxygen atoms in total. The largest absolute Gasteiger partial charge is 0.382 e. The highest BCUT2D eigenvalue weighted by molar-refractivity contribution is 5.73. The van der Waals surface area contributed by atoms with E-state index in [0.29, 0.717) is 5.69 Å². The van der Waals surface area contributed by atoms with Crippen LogP contribution in [-0.2, 0) is 6.54 Å². The zero-order valence-corrected chi connectivity index (χ0v) is 13.7. The zero-order chi connectivity index (χ0) is 16.9. The average Bonchev–Trinajstić information content (AvgIpc) is 2.83. The first-order valence-corrected chi connectivity index (χ1v) is 8.32. The summed E-state index contributed by atoms with van der Waals surface area (Å²) in [6.45, 7) is 3.29. The van der Waals surface area contributed by atoms with Crippen molar-refractivity contribution < 1.29 is 0 Å². The van der Waals surface area contributed by atoms with Gasteiger partial charge < -0.3 is 11.5 Å². The van der Waals surface area contributed by atoms with Gasteiger partial charge in [0, 0.05) is 12.1 Å². The summed E-state index contributed by atoms with van der Waals surface area (Å²) in [7, 11) is 0. The van der Waals surface area contributed by atoms with E-state index < -0.39 is 0 Å². The van der Waals surface area contributed by atoms with Gasteiger partial charge in [0.05, 0.1) is 5.69 Å². The van der Waals surface area contributed by atoms with E-state index in [2.05, 4.69) is 33.1 Å². The van der Waals surface area contributed by atoms with Crippen LogP contribution in [0.2, 0.25) is 0 Å². The Kier molecular flexibility index (Phi) is 4.92. The SMILES string of the molecule is N#Cc1c(N)nc(N)nc1-c1ccc(CN2CCCCCC2)cc1. The Balaban J connectivity index is 1.81. The first kappa shape index (κ1) is 16.2. The summed E-state index contributed by atoms with van der Waals surface area (Å²) < 4.78 is 0. The first-order chi connectivity index (χ1) is 11.7. The lowest BCUT2D eigenvalue weighted by Gasteiger charge is -2.19. The van der Waals surface area contributed by atoms with Crippen LogP contribution in [0.5, 0.6) is 0 Å². The smallest absolute Gasteiger partial charge is 0.222 e. The normalized spacial score (nSPS) is 15.6. The second-order valence-electron chi connectivity index (χ2n) is 6.19. The molecule has 0 amide bonds. The summed E-state index contributed by atoms with van der Waals surface area (Å²) >= 11 is 0. The summed E-state index contributed by atoms with van der Waals surface area (Å²) in [5, 5.41) is 9.29. The van der Waals surface area contributed by atoms with Gasteiger partial charge in [-0.2, -0.15) is 10.2 Å². The van der Waals surface area contributed by atoms with Gasteiger partial charge in [0.25, 0.3) is 0 Å². The fourth-order valence-electron chi connectivity index (χ4n) is 3.14. The van der Waals surface area contributed by atoms with E-state index in [9.17, 15) is 5.26 Å². The molecule has 0 atom stereocenters. The number of nitrogens with zero attached hydrogens (tertiary/aromatic N) is 4. The van der Waals surface area contributed by atoms with Crippen LogP contribution in [0.3, 0.4) is 0 Å². The molecule has 124 valence electrons. The number of nitrogen functional groups attached to an aromatic ring is 2. The van der Waals surface area contributed by atoms with E-state index in [1.807, 2.05) is 12.1 Å². The maximum absolute atomic E-state index is 9.29. The van der Waals surface area contributed by atoms with Crippen LogP contribution < -0.4 is 11.5 Å². The summed E-state index contributed by atoms with van der Waals surface area (Å²) in [5.41, 5.74) is 14.3. The molecule has 2 heterocycles. The predicted molar refractivity (Wildman–Crippen MR) is 94.8 cm³/mol. The standard InChI is InChI=1S/C18H22N6/c19-11-15-16(22-18(21)23-17(15)20)14-7-5-13(6-8-14)12-24-9-3-1-2-4-10-24/h5-8H,1-4,9-10,12H2,(H4,20,21,22,23). The van der Waals surface area contributed by atoms with E-state index in [1.54, 1.807) is 0 Å². The molecule has 0 radical (unpaired) electrons. The fraction of sp³-hybridized carbons (Fsp3) is 0.389. The van der Waals surface area contributed by atoms with Crippen LogP contribution in [0, 0.1) is 11.3 Å². The highest BCUT2D eigenvalue weighted by Crippen LogP contribution is 2.26. The van der Waals surface area contributed by atoms with Crippen LogP contribution in [0.15, 0.2) is 24.3 Å². The second-order valence-corrected chi connectivity index (χ2v) is 6.19. The molecule has 1 fully saturated rings. The molecule has 2 aromatic rings. The maximum atomic E-state index is 9.29. The van der Waals surface area contributed by atoms with Crippen molar-refractivity contribution in [1.82, 2.24) is 14.9 Å². The lowest BCUT2D eigenvalue weighted by atomic mass is 10.0. The molecule has 0 spiro atoms. The van der Waals surface area contributed by atoms with E-state index in [1.165, 1.54) is 44.3 Å². The average molecular weight is 322 g/mol. The molecule has 4 N–H and O–H groups in total. The Morgan fingerprint density at radius 1 is 1.00 bits per heavy atom. The van der Waals surface area contributed by atoms with E-state index in [-0.39, 0.29) is 17.3 Å². The van der Waals surface area contributed by atoms with Crippen LogP contribution >= 0.6 is 0 Å². The molecule has 1 aromatic carbocycles. The maximum Gasteiger partial charge on any atom is 0.222 e. The van der Waals surface area contributed by atoms with Crippen molar-refractivity contribution in [3.8, 4) is 17.3 Å². The Hall–Kier alpha value is -2.65. The Labute approximate surface area is 142 Å². The van der Waals surface area contributed by atoms with Gasteiger partial charge >= 0.3 is 0 Å². The van der Waals surface area contributed by atoms with Crippen molar-refractivity contribution in [3.05, 3.63) is 35.4 Å². The minimum atomic E-state index is 0.0788. The number of benzene rings is 1. The third kappa shape index (κ3) is 3.63. The Morgan fingerprint density at radius 2 is 1.67 bits per heavy atom. The molecule has 6 heteroatoms. The van der Waals surface area contributed by atoms with E-state index in [0.717, 1.165) is 12.1 Å². The molecular weight excluding hydrogens is 300 g/mol. The van der Waals surface area contributed by atoms with Gasteiger partial charge in [0.15, 0.2) is 0 Å². The highest BCUT2D eigenvalue weighted by atomic mass is 15.1. The van der Waals surface area contributed by atoms with Crippen molar-refractivity contribution in [2.45, 2.75) is 32.2 Å². The van der Waals surface area contributed by atoms with Crippen LogP contribution in [0.25, 0.3) is 11.3 Å². The molecule has 0 saturated carbocycles. The molecular formula is C18H22N6. The Morgan fingerprint density at radius 3 is 2.29 bits per heavy atom. The number of hydrogen-bond donors (Lipinski definition) is 2. The molecule has 0 aliphatic carbocycles.